The third-order valence-electron chi connectivity index (χ3n) is 7.68. The van der Waals surface area contributed by atoms with E-state index in [1.54, 1.807) is 5.57 Å². The molecule has 0 heterocycles. The Bertz CT molecular complexity index is 590. The first-order chi connectivity index (χ1) is 11.5. The lowest BCUT2D eigenvalue weighted by Gasteiger charge is -2.51. The van der Waals surface area contributed by atoms with E-state index in [0.717, 1.165) is 38.0 Å². The van der Waals surface area contributed by atoms with Crippen LogP contribution in [0.5, 0.6) is 0 Å². The van der Waals surface area contributed by atoms with E-state index >= 15 is 0 Å². The van der Waals surface area contributed by atoms with Gasteiger partial charge in [-0.05, 0) is 62.7 Å². The zero-order valence-corrected chi connectivity index (χ0v) is 15.1. The molecule has 0 aliphatic heterocycles. The third-order valence-corrected chi connectivity index (χ3v) is 7.68. The number of carbonyl (C=O) groups excluding carboxylic acids is 2. The molecule has 0 aromatic heterocycles. The van der Waals surface area contributed by atoms with Crippen LogP contribution in [0.4, 0.5) is 0 Å². The van der Waals surface area contributed by atoms with Crippen LogP contribution in [0.25, 0.3) is 0 Å². The number of hydrogen-bond donors (Lipinski definition) is 0. The molecule has 2 saturated carbocycles. The first kappa shape index (κ1) is 16.4. The smallest absolute Gasteiger partial charge is 0.305 e. The van der Waals surface area contributed by atoms with Crippen molar-refractivity contribution in [3.8, 4) is 0 Å². The molecule has 4 aliphatic rings. The van der Waals surface area contributed by atoms with Crippen molar-refractivity contribution < 1.29 is 14.3 Å². The lowest BCUT2D eigenvalue weighted by Crippen LogP contribution is -2.46. The predicted octanol–water partition coefficient (Wildman–Crippen LogP) is 4.59. The van der Waals surface area contributed by atoms with E-state index in [4.69, 9.17) is 4.74 Å². The van der Waals surface area contributed by atoms with E-state index in [-0.39, 0.29) is 17.5 Å². The van der Waals surface area contributed by atoms with Crippen molar-refractivity contribution in [2.75, 3.05) is 0 Å². The van der Waals surface area contributed by atoms with E-state index in [1.165, 1.54) is 31.3 Å². The van der Waals surface area contributed by atoms with E-state index in [0.29, 0.717) is 24.0 Å². The SMILES string of the molecule is CCC(=O)OC1CCC2C3CCC4=C(CCC(=O)C4)C3CCC12C. The minimum atomic E-state index is -0.0385. The van der Waals surface area contributed by atoms with E-state index in [1.807, 2.05) is 6.92 Å². The Morgan fingerprint density at radius 3 is 2.79 bits per heavy atom. The van der Waals surface area contributed by atoms with Gasteiger partial charge in [0.2, 0.25) is 0 Å². The summed E-state index contributed by atoms with van der Waals surface area (Å²) in [6.07, 6.45) is 10.1. The topological polar surface area (TPSA) is 43.4 Å². The molecule has 0 spiro atoms. The maximum atomic E-state index is 11.8. The molecule has 0 aromatic rings. The number of ketones is 1. The Kier molecular flexibility index (Phi) is 4.09. The van der Waals surface area contributed by atoms with Crippen molar-refractivity contribution in [2.45, 2.75) is 84.2 Å². The third kappa shape index (κ3) is 2.46. The van der Waals surface area contributed by atoms with E-state index in [2.05, 4.69) is 6.92 Å². The lowest BCUT2D eigenvalue weighted by atomic mass is 9.54. The Labute approximate surface area is 145 Å². The van der Waals surface area contributed by atoms with Gasteiger partial charge in [0.25, 0.3) is 0 Å². The quantitative estimate of drug-likeness (QED) is 0.549. The zero-order chi connectivity index (χ0) is 16.9. The van der Waals surface area contributed by atoms with E-state index < -0.39 is 0 Å². The van der Waals surface area contributed by atoms with Crippen LogP contribution in [0.2, 0.25) is 0 Å². The Balaban J connectivity index is 1.56. The molecule has 2 fully saturated rings. The molecule has 0 radical (unpaired) electrons. The Morgan fingerprint density at radius 2 is 2.00 bits per heavy atom. The van der Waals surface area contributed by atoms with Crippen molar-refractivity contribution >= 4 is 11.8 Å². The van der Waals surface area contributed by atoms with Gasteiger partial charge in [-0.25, -0.2) is 0 Å². The van der Waals surface area contributed by atoms with Gasteiger partial charge in [-0.3, -0.25) is 9.59 Å². The first-order valence-corrected chi connectivity index (χ1v) is 9.95. The number of ether oxygens (including phenoxy) is 1. The van der Waals surface area contributed by atoms with Gasteiger partial charge in [0.1, 0.15) is 11.9 Å². The molecule has 3 heteroatoms. The van der Waals surface area contributed by atoms with Crippen molar-refractivity contribution in [2.24, 2.45) is 23.2 Å². The number of carbonyl (C=O) groups is 2. The Morgan fingerprint density at radius 1 is 1.17 bits per heavy atom. The van der Waals surface area contributed by atoms with Crippen molar-refractivity contribution in [1.82, 2.24) is 0 Å². The summed E-state index contributed by atoms with van der Waals surface area (Å²) in [6, 6.07) is 0. The molecule has 4 aliphatic carbocycles. The van der Waals surface area contributed by atoms with Crippen LogP contribution in [-0.4, -0.2) is 17.9 Å². The van der Waals surface area contributed by atoms with Crippen molar-refractivity contribution in [1.29, 1.82) is 0 Å². The molecular formula is C21H30O3. The van der Waals surface area contributed by atoms with Gasteiger partial charge in [0.15, 0.2) is 0 Å². The Hall–Kier alpha value is -1.12. The highest BCUT2D eigenvalue weighted by Crippen LogP contribution is 2.61. The highest BCUT2D eigenvalue weighted by Gasteiger charge is 2.56. The van der Waals surface area contributed by atoms with E-state index in [9.17, 15) is 9.59 Å². The number of fused-ring (bicyclic) bond motifs is 4. The minimum Gasteiger partial charge on any atom is -0.462 e. The highest BCUT2D eigenvalue weighted by atomic mass is 16.5. The zero-order valence-electron chi connectivity index (χ0n) is 15.1. The van der Waals surface area contributed by atoms with Gasteiger partial charge in [-0.15, -0.1) is 0 Å². The van der Waals surface area contributed by atoms with Crippen LogP contribution in [0.3, 0.4) is 0 Å². The number of hydrogen-bond acceptors (Lipinski definition) is 3. The summed E-state index contributed by atoms with van der Waals surface area (Å²) in [5, 5.41) is 0. The van der Waals surface area contributed by atoms with Gasteiger partial charge >= 0.3 is 5.97 Å². The summed E-state index contributed by atoms with van der Waals surface area (Å²) < 4.78 is 5.84. The fraction of sp³-hybridized carbons (Fsp3) is 0.810. The number of esters is 1. The molecule has 5 unspecified atom stereocenters. The molecule has 0 aromatic carbocycles. The van der Waals surface area contributed by atoms with Crippen LogP contribution in [0.1, 0.15) is 78.1 Å². The second kappa shape index (κ2) is 6.00. The van der Waals surface area contributed by atoms with Crippen molar-refractivity contribution in [3.63, 3.8) is 0 Å². The summed E-state index contributed by atoms with van der Waals surface area (Å²) in [4.78, 5) is 23.6. The standard InChI is InChI=1S/C21H30O3/c1-3-20(23)24-19-9-8-18-17-6-4-13-12-14(22)5-7-15(13)16(17)10-11-21(18,19)2/h16-19H,3-12H2,1-2H3. The van der Waals surface area contributed by atoms with Crippen LogP contribution >= 0.6 is 0 Å². The molecule has 3 nitrogen and oxygen atoms in total. The summed E-state index contributed by atoms with van der Waals surface area (Å²) >= 11 is 0. The summed E-state index contributed by atoms with van der Waals surface area (Å²) in [6.45, 7) is 4.26. The van der Waals surface area contributed by atoms with Crippen LogP contribution in [0, 0.1) is 23.2 Å². The maximum Gasteiger partial charge on any atom is 0.305 e. The number of allylic oxidation sites excluding steroid dienone is 2. The monoisotopic (exact) mass is 330 g/mol. The van der Waals surface area contributed by atoms with Crippen molar-refractivity contribution in [3.05, 3.63) is 11.1 Å². The van der Waals surface area contributed by atoms with Gasteiger partial charge in [0.05, 0.1) is 0 Å². The molecule has 0 saturated heterocycles. The number of rotatable bonds is 2. The second-order valence-corrected chi connectivity index (χ2v) is 8.71. The molecule has 0 amide bonds. The molecule has 4 rings (SSSR count). The summed E-state index contributed by atoms with van der Waals surface area (Å²) in [7, 11) is 0. The number of Topliss-reactive ketones (excluding diaryl/α,β-unsaturated/α-hetero) is 1. The average molecular weight is 330 g/mol. The van der Waals surface area contributed by atoms with Gasteiger partial charge in [-0.2, -0.15) is 0 Å². The van der Waals surface area contributed by atoms with Crippen LogP contribution in [0.15, 0.2) is 11.1 Å². The minimum absolute atomic E-state index is 0.0385. The summed E-state index contributed by atoms with van der Waals surface area (Å²) in [5.41, 5.74) is 3.32. The van der Waals surface area contributed by atoms with Gasteiger partial charge < -0.3 is 4.74 Å². The second-order valence-electron chi connectivity index (χ2n) is 8.71. The predicted molar refractivity (Wildman–Crippen MR) is 92.3 cm³/mol. The molecule has 5 atom stereocenters. The highest BCUT2D eigenvalue weighted by molar-refractivity contribution is 5.82. The lowest BCUT2D eigenvalue weighted by molar-refractivity contribution is -0.157. The molecule has 0 N–H and O–H groups in total. The van der Waals surface area contributed by atoms with Gasteiger partial charge in [-0.1, -0.05) is 25.0 Å². The van der Waals surface area contributed by atoms with Gasteiger partial charge in [0, 0.05) is 24.7 Å². The fourth-order valence-electron chi connectivity index (χ4n) is 6.44. The molecular weight excluding hydrogens is 300 g/mol. The summed E-state index contributed by atoms with van der Waals surface area (Å²) in [5.74, 6) is 2.56. The normalized spacial score (nSPS) is 41.5. The largest absolute Gasteiger partial charge is 0.462 e. The maximum absolute atomic E-state index is 11.8. The fourth-order valence-corrected chi connectivity index (χ4v) is 6.44. The first-order valence-electron chi connectivity index (χ1n) is 9.95. The molecule has 24 heavy (non-hydrogen) atoms. The van der Waals surface area contributed by atoms with Crippen LogP contribution in [-0.2, 0) is 14.3 Å². The molecule has 132 valence electrons. The average Bonchev–Trinajstić information content (AvgIpc) is 2.90. The van der Waals surface area contributed by atoms with Crippen LogP contribution < -0.4 is 0 Å². The molecule has 0 bridgehead atoms.